The van der Waals surface area contributed by atoms with E-state index in [0.29, 0.717) is 56.4 Å². The van der Waals surface area contributed by atoms with E-state index in [9.17, 15) is 53.2 Å². The standard InChI is InChI=1S/C62H90N13O14P.CH3.Co/c1-29-20-39-40(21-30(29)2)75(28-70-39)57-52(84)53(41(27-76)87-57)89-90(85,86)88-31(3)26-69-49(83)18-19-59(8)37(22-46(66)80)56-62(11)61(10,25-48(68)82)36(14-17-45(65)79)51(74-62)33(5)55-60(9,24-47(67)81)34(12-15-43(63)77)38(71-55)23-42-58(6,7)35(13-16-44(64)78)50(72-42)32(4)54(59)73-56;;/h20-21,23,28,31,34-37,41,52-53,56-57,76,84H,12-19,22,24-27H2,1-11H3,(H15,63,64,65,66,67,68,69,71,72,73,74,77,78,79,80,81,82,83,85,86);1H3;/q;-1;+3/p-2/t31?,34?,35?,36?,37?,41?,52?,53?,56?,57?,59-,60+,61+,62+;;/m1../s1. The largest absolute Gasteiger partial charge is 3.00 e. The monoisotopic (exact) mass is 1340 g/mol. The fourth-order valence-electron chi connectivity index (χ4n) is 15.3. The van der Waals surface area contributed by atoms with Crippen molar-refractivity contribution < 1.29 is 83.8 Å². The number of hydrogen-bond donors (Lipinski definition) is 9. The van der Waals surface area contributed by atoms with E-state index in [1.807, 2.05) is 80.5 Å². The van der Waals surface area contributed by atoms with E-state index in [1.165, 1.54) is 17.8 Å². The van der Waals surface area contributed by atoms with Crippen LogP contribution in [0.15, 0.2) is 67.8 Å². The summed E-state index contributed by atoms with van der Waals surface area (Å²) in [4.78, 5) is 128. The quantitative estimate of drug-likeness (QED) is 0.0478. The number of phosphoric ester groups is 1. The number of rotatable bonds is 26. The van der Waals surface area contributed by atoms with Crippen LogP contribution in [0, 0.1) is 66.6 Å². The summed E-state index contributed by atoms with van der Waals surface area (Å²) < 4.78 is 31.9. The van der Waals surface area contributed by atoms with Gasteiger partial charge in [0.25, 0.3) is 7.82 Å². The maximum absolute atomic E-state index is 14.4. The molecule has 2 saturated heterocycles. The summed E-state index contributed by atoms with van der Waals surface area (Å²) in [5.74, 6) is -7.40. The number of carbonyl (C=O) groups is 7. The number of hydrogen-bond acceptors (Lipinski definition) is 18. The van der Waals surface area contributed by atoms with Crippen molar-refractivity contribution in [3.05, 3.63) is 76.6 Å². The molecule has 15 N–H and O–H groups in total. The molecule has 506 valence electrons. The molecular formula is C63H91CoN13O14P. The summed E-state index contributed by atoms with van der Waals surface area (Å²) in [6.45, 7) is 19.0. The average Bonchev–Trinajstić information content (AvgIpc) is 1.53. The van der Waals surface area contributed by atoms with Crippen molar-refractivity contribution in [1.29, 1.82) is 0 Å². The van der Waals surface area contributed by atoms with E-state index < -0.39 is 143 Å². The van der Waals surface area contributed by atoms with Crippen LogP contribution in [0.2, 0.25) is 0 Å². The van der Waals surface area contributed by atoms with Crippen LogP contribution >= 0.6 is 7.82 Å². The number of phosphoric acid groups is 1. The van der Waals surface area contributed by atoms with Gasteiger partial charge in [-0.25, -0.2) is 4.98 Å². The Labute approximate surface area is 547 Å². The molecule has 8 bridgehead atoms. The third-order valence-electron chi connectivity index (χ3n) is 20.5. The molecule has 11 unspecified atom stereocenters. The number of ether oxygens (including phenoxy) is 1. The Morgan fingerprint density at radius 2 is 1.38 bits per heavy atom. The van der Waals surface area contributed by atoms with Crippen LogP contribution in [0.25, 0.3) is 16.4 Å². The number of fused-ring (bicyclic) bond motifs is 7. The molecule has 6 aliphatic rings. The molecule has 8 rings (SSSR count). The minimum atomic E-state index is -5.32. The summed E-state index contributed by atoms with van der Waals surface area (Å²) in [6, 6.07) is 2.65. The number of aryl methyl sites for hydroxylation is 2. The van der Waals surface area contributed by atoms with Crippen molar-refractivity contribution >= 4 is 77.3 Å². The molecule has 2 aromatic rings. The number of aliphatic imine (C=N–C) groups is 3. The summed E-state index contributed by atoms with van der Waals surface area (Å²) in [7, 11) is -5.32. The van der Waals surface area contributed by atoms with Crippen LogP contribution in [0.3, 0.4) is 0 Å². The van der Waals surface area contributed by atoms with Gasteiger partial charge in [0.05, 0.1) is 30.1 Å². The number of amides is 7. The second kappa shape index (κ2) is 27.8. The van der Waals surface area contributed by atoms with Crippen molar-refractivity contribution in [2.24, 2.45) is 94.7 Å². The average molecular weight is 1340 g/mol. The molecular weight excluding hydrogens is 1250 g/mol. The fraction of sp³-hybridized carbons (Fsp3) is 0.619. The van der Waals surface area contributed by atoms with E-state index in [1.54, 1.807) is 6.92 Å². The van der Waals surface area contributed by atoms with Crippen LogP contribution in [-0.4, -0.2) is 127 Å². The molecule has 0 saturated carbocycles. The first-order valence-electron chi connectivity index (χ1n) is 30.5. The predicted molar refractivity (Wildman–Crippen MR) is 338 cm³/mol. The van der Waals surface area contributed by atoms with Crippen LogP contribution in [-0.2, 0) is 68.7 Å². The zero-order valence-electron chi connectivity index (χ0n) is 54.5. The van der Waals surface area contributed by atoms with Crippen molar-refractivity contribution in [3.8, 4) is 0 Å². The molecule has 1 aromatic carbocycles. The van der Waals surface area contributed by atoms with Gasteiger partial charge in [0, 0.05) is 114 Å². The van der Waals surface area contributed by atoms with Crippen molar-refractivity contribution in [2.45, 2.75) is 189 Å². The molecule has 1 aromatic heterocycles. The molecule has 0 aliphatic carbocycles. The van der Waals surface area contributed by atoms with Crippen LogP contribution in [0.4, 0.5) is 0 Å². The second-order valence-corrected chi connectivity index (χ2v) is 28.3. The number of nitrogens with one attached hydrogen (secondary N) is 1. The molecule has 7 heterocycles. The van der Waals surface area contributed by atoms with Crippen molar-refractivity contribution in [1.82, 2.24) is 14.9 Å². The Balaban J connectivity index is 0.00000672. The summed E-state index contributed by atoms with van der Waals surface area (Å²) >= 11 is 0. The van der Waals surface area contributed by atoms with Gasteiger partial charge in [-0.1, -0.05) is 47.1 Å². The van der Waals surface area contributed by atoms with Crippen LogP contribution in [0.5, 0.6) is 0 Å². The Morgan fingerprint density at radius 1 is 0.793 bits per heavy atom. The number of aliphatic hydroxyl groups is 2. The van der Waals surface area contributed by atoms with Gasteiger partial charge in [-0.2, -0.15) is 5.70 Å². The first-order valence-corrected chi connectivity index (χ1v) is 32.0. The van der Waals surface area contributed by atoms with Gasteiger partial charge in [-0.05, 0) is 118 Å². The van der Waals surface area contributed by atoms with E-state index in [0.717, 1.165) is 11.1 Å². The Bertz CT molecular complexity index is 3540. The third-order valence-corrected chi connectivity index (χ3v) is 21.6. The molecule has 0 spiro atoms. The van der Waals surface area contributed by atoms with Gasteiger partial charge >= 0.3 is 16.8 Å². The minimum absolute atomic E-state index is 0. The van der Waals surface area contributed by atoms with E-state index in [2.05, 4.69) is 10.3 Å². The molecule has 6 aliphatic heterocycles. The molecule has 7 amide bonds. The number of primary amides is 6. The summed E-state index contributed by atoms with van der Waals surface area (Å²) in [5.41, 5.74) is 36.7. The number of imidazole rings is 1. The zero-order chi connectivity index (χ0) is 66.7. The number of benzene rings is 1. The summed E-state index contributed by atoms with van der Waals surface area (Å²) in [6.07, 6.45) is -4.79. The first kappa shape index (κ1) is 74.5. The van der Waals surface area contributed by atoms with Gasteiger partial charge < -0.3 is 85.9 Å². The molecule has 2 fully saturated rings. The Morgan fingerprint density at radius 3 is 1.96 bits per heavy atom. The number of aromatic nitrogens is 2. The van der Waals surface area contributed by atoms with Crippen molar-refractivity contribution in [2.75, 3.05) is 13.2 Å². The number of aliphatic hydroxyl groups excluding tert-OH is 2. The van der Waals surface area contributed by atoms with Gasteiger partial charge in [0.15, 0.2) is 6.23 Å². The van der Waals surface area contributed by atoms with Crippen LogP contribution < -0.4 is 44.6 Å². The Hall–Kier alpha value is -6.49. The normalized spacial score (nSPS) is 31.3. The maximum Gasteiger partial charge on any atom is 3.00 e. The van der Waals surface area contributed by atoms with Crippen molar-refractivity contribution in [3.63, 3.8) is 0 Å². The first-order chi connectivity index (χ1) is 41.8. The fourth-order valence-corrected chi connectivity index (χ4v) is 16.4. The topological polar surface area (TPSA) is 465 Å². The number of carbonyl (C=O) groups excluding carboxylic acids is 7. The van der Waals surface area contributed by atoms with Gasteiger partial charge in [-0.3, -0.25) is 53.1 Å². The minimum Gasteiger partial charge on any atom is -0.756 e. The Kier molecular flexibility index (Phi) is 22.6. The van der Waals surface area contributed by atoms with Gasteiger partial charge in [0.2, 0.25) is 41.4 Å². The van der Waals surface area contributed by atoms with Crippen LogP contribution in [0.1, 0.15) is 150 Å². The van der Waals surface area contributed by atoms with Gasteiger partial charge in [-0.15, -0.1) is 0 Å². The molecule has 29 heteroatoms. The SMILES string of the molecule is CC1=C2N=C(C=C3N=C(C(C)=C4[N-][C@@](C)(C5N=C1[C@](C)(CCC(=O)NCC(C)OP(=O)([O-])OC1C(CO)OC(n6cnc7cc(C)c(C)cc76)C1O)C5CC(N)=O)[C@@](C)(CC(N)=O)C4CCC(N)=O)[C@@](C)(CC(N)=O)C3CCC(N)=O)C(C)(C)C2CCC(N)=O.[CH3-].[Co+3]. The second-order valence-electron chi connectivity index (χ2n) is 27.0. The molecule has 27 nitrogen and oxygen atoms in total. The van der Waals surface area contributed by atoms with E-state index >= 15 is 0 Å². The smallest absolute Gasteiger partial charge is 0.756 e. The molecule has 0 radical (unpaired) electrons. The molecule has 15 atom stereocenters. The van der Waals surface area contributed by atoms with Gasteiger partial charge in [0.1, 0.15) is 18.3 Å². The number of allylic oxidation sites excluding steroid dienone is 6. The predicted octanol–water partition coefficient (Wildman–Crippen LogP) is 3.76. The number of nitrogens with zero attached hydrogens (tertiary/aromatic N) is 6. The zero-order valence-corrected chi connectivity index (χ0v) is 56.4. The number of nitrogens with two attached hydrogens (primary N) is 6. The van der Waals surface area contributed by atoms with E-state index in [4.69, 9.17) is 68.5 Å². The summed E-state index contributed by atoms with van der Waals surface area (Å²) in [5, 5.41) is 30.1. The van der Waals surface area contributed by atoms with E-state index in [-0.39, 0.29) is 101 Å². The third kappa shape index (κ3) is 14.1. The molecule has 92 heavy (non-hydrogen) atoms. The maximum atomic E-state index is 14.4.